The van der Waals surface area contributed by atoms with Crippen LogP contribution in [0.4, 0.5) is 0 Å². The largest absolute Gasteiger partial charge is 0.0715 e. The van der Waals surface area contributed by atoms with E-state index in [4.69, 9.17) is 0 Å². The fourth-order valence-electron chi connectivity index (χ4n) is 1.43. The van der Waals surface area contributed by atoms with Crippen LogP contribution in [0.5, 0.6) is 0 Å². The van der Waals surface area contributed by atoms with Crippen LogP contribution < -0.4 is 5.19 Å². The molecule has 57 valence electrons. The first-order valence-corrected chi connectivity index (χ1v) is 4.49. The summed E-state index contributed by atoms with van der Waals surface area (Å²) in [4.78, 5) is 0. The molecule has 0 saturated carbocycles. The van der Waals surface area contributed by atoms with Gasteiger partial charge in [-0.25, -0.2) is 0 Å². The van der Waals surface area contributed by atoms with Crippen molar-refractivity contribution < 1.29 is 0 Å². The maximum atomic E-state index is 3.57. The topological polar surface area (TPSA) is 0 Å². The summed E-state index contributed by atoms with van der Waals surface area (Å²) in [6.07, 6.45) is 0. The van der Waals surface area contributed by atoms with Gasteiger partial charge in [0, 0.05) is 0 Å². The highest BCUT2D eigenvalue weighted by molar-refractivity contribution is 6.34. The smallest absolute Gasteiger partial charge is 0.0639 e. The highest BCUT2D eigenvalue weighted by atomic mass is 28.1. The quantitative estimate of drug-likeness (QED) is 0.529. The fraction of sp³-hybridized carbons (Fsp3) is 0.0909. The van der Waals surface area contributed by atoms with Gasteiger partial charge in [-0.1, -0.05) is 41.6 Å². The molecule has 12 heavy (non-hydrogen) atoms. The molecule has 0 unspecified atom stereocenters. The van der Waals surface area contributed by atoms with Crippen molar-refractivity contribution in [2.75, 3.05) is 0 Å². The van der Waals surface area contributed by atoms with Gasteiger partial charge in [0.1, 0.15) is 0 Å². The van der Waals surface area contributed by atoms with Crippen molar-refractivity contribution in [3.63, 3.8) is 0 Å². The van der Waals surface area contributed by atoms with Crippen molar-refractivity contribution in [1.29, 1.82) is 0 Å². The molecule has 0 saturated heterocycles. The maximum absolute atomic E-state index is 3.57. The lowest BCUT2D eigenvalue weighted by atomic mass is 10.1. The van der Waals surface area contributed by atoms with Gasteiger partial charge in [-0.2, -0.15) is 0 Å². The summed E-state index contributed by atoms with van der Waals surface area (Å²) < 4.78 is 0. The van der Waals surface area contributed by atoms with E-state index in [0.29, 0.717) is 0 Å². The molecule has 0 aliphatic heterocycles. The third kappa shape index (κ3) is 1.06. The Morgan fingerprint density at radius 1 is 1.00 bits per heavy atom. The second-order valence-electron chi connectivity index (χ2n) is 2.96. The second kappa shape index (κ2) is 2.76. The van der Waals surface area contributed by atoms with Crippen LogP contribution in [0.1, 0.15) is 5.56 Å². The lowest BCUT2D eigenvalue weighted by molar-refractivity contribution is 1.57. The summed E-state index contributed by atoms with van der Waals surface area (Å²) in [5.74, 6) is 0. The standard InChI is InChI=1S/C11H9Si/c1-8-10-5-3-2-4-9(10)6-7-11(8)12/h2-7H,1H3. The van der Waals surface area contributed by atoms with Crippen LogP contribution in [-0.4, -0.2) is 10.2 Å². The molecule has 0 bridgehead atoms. The van der Waals surface area contributed by atoms with Crippen LogP contribution in [0.3, 0.4) is 0 Å². The van der Waals surface area contributed by atoms with Crippen molar-refractivity contribution in [1.82, 2.24) is 0 Å². The van der Waals surface area contributed by atoms with Gasteiger partial charge >= 0.3 is 0 Å². The lowest BCUT2D eigenvalue weighted by Gasteiger charge is -2.04. The van der Waals surface area contributed by atoms with Gasteiger partial charge in [-0.3, -0.25) is 0 Å². The number of aryl methyl sites for hydroxylation is 1. The Hall–Kier alpha value is -1.08. The minimum Gasteiger partial charge on any atom is -0.0639 e. The Labute approximate surface area is 75.6 Å². The van der Waals surface area contributed by atoms with E-state index in [1.165, 1.54) is 21.5 Å². The SMILES string of the molecule is Cc1c([Si])ccc2ccccc12. The van der Waals surface area contributed by atoms with Crippen molar-refractivity contribution in [2.45, 2.75) is 6.92 Å². The Balaban J connectivity index is 2.91. The summed E-state index contributed by atoms with van der Waals surface area (Å²) in [5.41, 5.74) is 1.31. The zero-order chi connectivity index (χ0) is 8.55. The van der Waals surface area contributed by atoms with E-state index in [2.05, 4.69) is 53.6 Å². The Bertz CT molecular complexity index is 418. The van der Waals surface area contributed by atoms with Gasteiger partial charge in [0.05, 0.1) is 10.2 Å². The molecule has 0 spiro atoms. The minimum atomic E-state index is 1.17. The van der Waals surface area contributed by atoms with Crippen LogP contribution in [0.15, 0.2) is 36.4 Å². The molecule has 0 aliphatic rings. The van der Waals surface area contributed by atoms with Crippen molar-refractivity contribution in [3.05, 3.63) is 42.0 Å². The van der Waals surface area contributed by atoms with Gasteiger partial charge in [0.2, 0.25) is 0 Å². The zero-order valence-corrected chi connectivity index (χ0v) is 7.96. The van der Waals surface area contributed by atoms with Gasteiger partial charge in [-0.05, 0) is 23.3 Å². The molecule has 0 N–H and O–H groups in total. The van der Waals surface area contributed by atoms with Gasteiger partial charge < -0.3 is 0 Å². The lowest BCUT2D eigenvalue weighted by Crippen LogP contribution is -2.06. The van der Waals surface area contributed by atoms with Crippen LogP contribution in [0.2, 0.25) is 0 Å². The van der Waals surface area contributed by atoms with E-state index in [-0.39, 0.29) is 0 Å². The van der Waals surface area contributed by atoms with Crippen LogP contribution in [0, 0.1) is 6.92 Å². The van der Waals surface area contributed by atoms with Crippen molar-refractivity contribution in [3.8, 4) is 0 Å². The normalized spacial score (nSPS) is 10.5. The van der Waals surface area contributed by atoms with Crippen molar-refractivity contribution >= 4 is 26.2 Å². The number of benzene rings is 2. The minimum absolute atomic E-state index is 1.17. The molecule has 0 atom stereocenters. The number of hydrogen-bond acceptors (Lipinski definition) is 0. The molecule has 2 aromatic carbocycles. The van der Waals surface area contributed by atoms with Gasteiger partial charge in [0.15, 0.2) is 0 Å². The fourth-order valence-corrected chi connectivity index (χ4v) is 1.65. The van der Waals surface area contributed by atoms with E-state index < -0.39 is 0 Å². The summed E-state index contributed by atoms with van der Waals surface area (Å²) in [7, 11) is 3.57. The highest BCUT2D eigenvalue weighted by Gasteiger charge is 1.97. The highest BCUT2D eigenvalue weighted by Crippen LogP contribution is 2.15. The Kier molecular flexibility index (Phi) is 1.74. The van der Waals surface area contributed by atoms with Gasteiger partial charge in [-0.15, -0.1) is 0 Å². The number of rotatable bonds is 0. The van der Waals surface area contributed by atoms with Gasteiger partial charge in [0.25, 0.3) is 0 Å². The molecule has 2 rings (SSSR count). The Morgan fingerprint density at radius 2 is 1.75 bits per heavy atom. The molecule has 2 aromatic rings. The van der Waals surface area contributed by atoms with E-state index in [0.717, 1.165) is 0 Å². The molecule has 0 nitrogen and oxygen atoms in total. The third-order valence-corrected chi connectivity index (χ3v) is 2.74. The van der Waals surface area contributed by atoms with Crippen LogP contribution in [-0.2, 0) is 0 Å². The first-order valence-electron chi connectivity index (χ1n) is 3.99. The first-order chi connectivity index (χ1) is 5.79. The Morgan fingerprint density at radius 3 is 2.58 bits per heavy atom. The molecule has 0 heterocycles. The third-order valence-electron chi connectivity index (χ3n) is 2.20. The summed E-state index contributed by atoms with van der Waals surface area (Å²) in [6.45, 7) is 2.13. The maximum Gasteiger partial charge on any atom is 0.0715 e. The first kappa shape index (κ1) is 7.56. The predicted molar refractivity (Wildman–Crippen MR) is 54.1 cm³/mol. The zero-order valence-electron chi connectivity index (χ0n) is 6.96. The predicted octanol–water partition coefficient (Wildman–Crippen LogP) is 1.94. The summed E-state index contributed by atoms with van der Waals surface area (Å²) >= 11 is 0. The monoisotopic (exact) mass is 169 g/mol. The molecular weight excluding hydrogens is 160 g/mol. The summed E-state index contributed by atoms with van der Waals surface area (Å²) in [6, 6.07) is 12.6. The molecule has 0 aromatic heterocycles. The van der Waals surface area contributed by atoms with Crippen molar-refractivity contribution in [2.24, 2.45) is 0 Å². The molecule has 1 heteroatoms. The van der Waals surface area contributed by atoms with Crippen LogP contribution >= 0.6 is 0 Å². The molecule has 0 aliphatic carbocycles. The molecule has 0 fully saturated rings. The summed E-state index contributed by atoms with van der Waals surface area (Å²) in [5, 5.41) is 3.80. The molecular formula is C11H9Si. The van der Waals surface area contributed by atoms with E-state index in [1.54, 1.807) is 0 Å². The average Bonchev–Trinajstić information content (AvgIpc) is 2.12. The van der Waals surface area contributed by atoms with E-state index >= 15 is 0 Å². The average molecular weight is 169 g/mol. The molecule has 3 radical (unpaired) electrons. The van der Waals surface area contributed by atoms with E-state index in [1.807, 2.05) is 0 Å². The van der Waals surface area contributed by atoms with Crippen LogP contribution in [0.25, 0.3) is 10.8 Å². The number of fused-ring (bicyclic) bond motifs is 1. The number of hydrogen-bond donors (Lipinski definition) is 0. The second-order valence-corrected chi connectivity index (χ2v) is 3.50. The molecule has 0 amide bonds. The van der Waals surface area contributed by atoms with E-state index in [9.17, 15) is 0 Å².